The van der Waals surface area contributed by atoms with Crippen molar-refractivity contribution in [1.29, 1.82) is 0 Å². The highest BCUT2D eigenvalue weighted by Crippen LogP contribution is 2.53. The number of thiophene rings is 1. The van der Waals surface area contributed by atoms with E-state index in [1.54, 1.807) is 11.3 Å². The van der Waals surface area contributed by atoms with Crippen molar-refractivity contribution in [3.63, 3.8) is 0 Å². The number of carbonyl (C=O) groups excluding carboxylic acids is 1. The van der Waals surface area contributed by atoms with Crippen molar-refractivity contribution in [2.24, 2.45) is 11.8 Å². The summed E-state index contributed by atoms with van der Waals surface area (Å²) in [5.41, 5.74) is 8.51. The molecular weight excluding hydrogens is 268 g/mol. The standard InChI is InChI=1S/C16H22N2OS/c1-9-6-7-18(8-9)16-12(10-2-3-10)13(17)15(20-16)14(19)11-4-5-11/h9-11H,2-8,17H2,1H3. The lowest BCUT2D eigenvalue weighted by Crippen LogP contribution is -2.19. The average Bonchev–Trinajstić information content (AvgIpc) is 3.33. The Hall–Kier alpha value is -1.03. The topological polar surface area (TPSA) is 46.3 Å². The Labute approximate surface area is 124 Å². The largest absolute Gasteiger partial charge is 0.397 e. The van der Waals surface area contributed by atoms with E-state index in [1.807, 2.05) is 0 Å². The van der Waals surface area contributed by atoms with Crippen LogP contribution in [0.3, 0.4) is 0 Å². The molecule has 2 aliphatic carbocycles. The Morgan fingerprint density at radius 2 is 2.00 bits per heavy atom. The molecule has 3 nitrogen and oxygen atoms in total. The summed E-state index contributed by atoms with van der Waals surface area (Å²) in [7, 11) is 0. The van der Waals surface area contributed by atoms with Crippen molar-refractivity contribution in [2.45, 2.75) is 44.9 Å². The molecule has 3 fully saturated rings. The maximum atomic E-state index is 12.4. The summed E-state index contributed by atoms with van der Waals surface area (Å²) in [6, 6.07) is 0. The molecule has 1 unspecified atom stereocenters. The van der Waals surface area contributed by atoms with Crippen LogP contribution < -0.4 is 10.6 Å². The molecular formula is C16H22N2OS. The third-order valence-corrected chi connectivity index (χ3v) is 6.13. The molecule has 0 amide bonds. The quantitative estimate of drug-likeness (QED) is 0.861. The van der Waals surface area contributed by atoms with Gasteiger partial charge in [0.2, 0.25) is 0 Å². The predicted octanol–water partition coefficient (Wildman–Crippen LogP) is 3.65. The molecule has 0 bridgehead atoms. The molecule has 0 aromatic carbocycles. The maximum Gasteiger partial charge on any atom is 0.178 e. The SMILES string of the molecule is CC1CCN(c2sc(C(=O)C3CC3)c(N)c2C2CC2)C1. The third kappa shape index (κ3) is 2.05. The molecule has 1 saturated heterocycles. The summed E-state index contributed by atoms with van der Waals surface area (Å²) in [6.45, 7) is 4.55. The van der Waals surface area contributed by atoms with E-state index in [0.717, 1.165) is 42.4 Å². The Balaban J connectivity index is 1.72. The van der Waals surface area contributed by atoms with Crippen molar-refractivity contribution >= 4 is 27.8 Å². The van der Waals surface area contributed by atoms with Gasteiger partial charge < -0.3 is 10.6 Å². The molecule has 4 heteroatoms. The van der Waals surface area contributed by atoms with Gasteiger partial charge >= 0.3 is 0 Å². The summed E-state index contributed by atoms with van der Waals surface area (Å²) in [6.07, 6.45) is 5.87. The van der Waals surface area contributed by atoms with Gasteiger partial charge in [0, 0.05) is 24.6 Å². The summed E-state index contributed by atoms with van der Waals surface area (Å²) < 4.78 is 0. The van der Waals surface area contributed by atoms with Gasteiger partial charge in [0.15, 0.2) is 5.78 Å². The van der Waals surface area contributed by atoms with E-state index in [-0.39, 0.29) is 5.92 Å². The fourth-order valence-corrected chi connectivity index (χ4v) is 4.64. The Bertz CT molecular complexity index is 557. The number of anilines is 2. The van der Waals surface area contributed by atoms with Gasteiger partial charge in [-0.15, -0.1) is 11.3 Å². The lowest BCUT2D eigenvalue weighted by atomic mass is 10.1. The Morgan fingerprint density at radius 3 is 2.55 bits per heavy atom. The molecule has 3 aliphatic rings. The van der Waals surface area contributed by atoms with Gasteiger partial charge in [0.05, 0.1) is 15.6 Å². The third-order valence-electron chi connectivity index (χ3n) is 4.83. The first-order valence-electron chi connectivity index (χ1n) is 7.86. The van der Waals surface area contributed by atoms with Crippen LogP contribution in [0.5, 0.6) is 0 Å². The van der Waals surface area contributed by atoms with Gasteiger partial charge in [-0.1, -0.05) is 6.92 Å². The summed E-state index contributed by atoms with van der Waals surface area (Å²) in [5, 5.41) is 1.32. The van der Waals surface area contributed by atoms with Gasteiger partial charge in [0.25, 0.3) is 0 Å². The zero-order valence-corrected chi connectivity index (χ0v) is 12.8. The monoisotopic (exact) mass is 290 g/mol. The van der Waals surface area contributed by atoms with Crippen molar-refractivity contribution in [3.05, 3.63) is 10.4 Å². The summed E-state index contributed by atoms with van der Waals surface area (Å²) in [5.74, 6) is 1.96. The molecule has 20 heavy (non-hydrogen) atoms. The Kier molecular flexibility index (Phi) is 2.85. The molecule has 2 saturated carbocycles. The molecule has 4 rings (SSSR count). The van der Waals surface area contributed by atoms with E-state index >= 15 is 0 Å². The minimum atomic E-state index is 0.272. The maximum absolute atomic E-state index is 12.4. The van der Waals surface area contributed by atoms with Crippen molar-refractivity contribution in [3.8, 4) is 0 Å². The van der Waals surface area contributed by atoms with E-state index in [1.165, 1.54) is 29.8 Å². The predicted molar refractivity (Wildman–Crippen MR) is 83.8 cm³/mol. The van der Waals surface area contributed by atoms with Gasteiger partial charge in [-0.3, -0.25) is 4.79 Å². The minimum Gasteiger partial charge on any atom is -0.397 e. The first-order valence-corrected chi connectivity index (χ1v) is 8.68. The van der Waals surface area contributed by atoms with Gasteiger partial charge in [0.1, 0.15) is 0 Å². The van der Waals surface area contributed by atoms with Crippen molar-refractivity contribution < 1.29 is 4.79 Å². The average molecular weight is 290 g/mol. The first kappa shape index (κ1) is 12.7. The summed E-state index contributed by atoms with van der Waals surface area (Å²) in [4.78, 5) is 15.8. The molecule has 1 aliphatic heterocycles. The molecule has 1 aromatic heterocycles. The second-order valence-corrected chi connectivity index (χ2v) is 7.82. The molecule has 2 heterocycles. The zero-order chi connectivity index (χ0) is 13.9. The second kappa shape index (κ2) is 4.48. The van der Waals surface area contributed by atoms with Crippen LogP contribution in [-0.2, 0) is 0 Å². The summed E-state index contributed by atoms with van der Waals surface area (Å²) >= 11 is 1.68. The number of nitrogen functional groups attached to an aromatic ring is 1. The lowest BCUT2D eigenvalue weighted by Gasteiger charge is -2.18. The van der Waals surface area contributed by atoms with E-state index in [4.69, 9.17) is 5.73 Å². The van der Waals surface area contributed by atoms with Crippen LogP contribution in [0.1, 0.15) is 60.2 Å². The van der Waals surface area contributed by atoms with Crippen LogP contribution >= 0.6 is 11.3 Å². The molecule has 108 valence electrons. The molecule has 0 spiro atoms. The number of nitrogens with zero attached hydrogens (tertiary/aromatic N) is 1. The van der Waals surface area contributed by atoms with E-state index in [2.05, 4.69) is 11.8 Å². The van der Waals surface area contributed by atoms with Crippen LogP contribution in [0.25, 0.3) is 0 Å². The highest BCUT2D eigenvalue weighted by atomic mass is 32.1. The molecule has 1 atom stereocenters. The number of hydrogen-bond donors (Lipinski definition) is 1. The van der Waals surface area contributed by atoms with E-state index in [0.29, 0.717) is 11.7 Å². The smallest absolute Gasteiger partial charge is 0.178 e. The number of rotatable bonds is 4. The first-order chi connectivity index (χ1) is 9.65. The van der Waals surface area contributed by atoms with Crippen LogP contribution in [0.15, 0.2) is 0 Å². The normalized spacial score (nSPS) is 26.2. The van der Waals surface area contributed by atoms with Crippen LogP contribution in [-0.4, -0.2) is 18.9 Å². The fourth-order valence-electron chi connectivity index (χ4n) is 3.28. The molecule has 2 N–H and O–H groups in total. The van der Waals surface area contributed by atoms with Gasteiger partial charge in [-0.05, 0) is 43.9 Å². The van der Waals surface area contributed by atoms with E-state index < -0.39 is 0 Å². The van der Waals surface area contributed by atoms with Crippen molar-refractivity contribution in [1.82, 2.24) is 0 Å². The van der Waals surface area contributed by atoms with Gasteiger partial charge in [-0.25, -0.2) is 0 Å². The zero-order valence-electron chi connectivity index (χ0n) is 12.0. The van der Waals surface area contributed by atoms with Crippen LogP contribution in [0.2, 0.25) is 0 Å². The van der Waals surface area contributed by atoms with Gasteiger partial charge in [-0.2, -0.15) is 0 Å². The number of Topliss-reactive ketones (excluding diaryl/α,β-unsaturated/α-hetero) is 1. The number of ketones is 1. The lowest BCUT2D eigenvalue weighted by molar-refractivity contribution is 0.0972. The number of carbonyl (C=O) groups is 1. The highest BCUT2D eigenvalue weighted by Gasteiger charge is 2.39. The van der Waals surface area contributed by atoms with Crippen LogP contribution in [0.4, 0.5) is 10.7 Å². The Morgan fingerprint density at radius 1 is 1.25 bits per heavy atom. The highest BCUT2D eigenvalue weighted by molar-refractivity contribution is 7.19. The number of hydrogen-bond acceptors (Lipinski definition) is 4. The molecule has 1 aromatic rings. The van der Waals surface area contributed by atoms with E-state index in [9.17, 15) is 4.79 Å². The van der Waals surface area contributed by atoms with Crippen molar-refractivity contribution in [2.75, 3.05) is 23.7 Å². The fraction of sp³-hybridized carbons (Fsp3) is 0.688. The minimum absolute atomic E-state index is 0.272. The van der Waals surface area contributed by atoms with Crippen LogP contribution in [0, 0.1) is 11.8 Å². The molecule has 0 radical (unpaired) electrons. The number of nitrogens with two attached hydrogens (primary N) is 1. The second-order valence-electron chi connectivity index (χ2n) is 6.82.